The summed E-state index contributed by atoms with van der Waals surface area (Å²) in [6, 6.07) is 0. The summed E-state index contributed by atoms with van der Waals surface area (Å²) in [6.45, 7) is 4.17. The third kappa shape index (κ3) is 3.46. The molecule has 0 unspecified atom stereocenters. The van der Waals surface area contributed by atoms with Crippen LogP contribution in [0.25, 0.3) is 0 Å². The first-order chi connectivity index (χ1) is 8.69. The largest absolute Gasteiger partial charge is 0.415 e. The Morgan fingerprint density at radius 2 is 2.22 bits per heavy atom. The molecule has 1 aliphatic rings. The molecular formula is C11H18N4O2S. The highest BCUT2D eigenvalue weighted by atomic mass is 32.2. The first kappa shape index (κ1) is 13.4. The molecule has 2 rings (SSSR count). The van der Waals surface area contributed by atoms with Gasteiger partial charge >= 0.3 is 0 Å². The van der Waals surface area contributed by atoms with Crippen molar-refractivity contribution in [2.45, 2.75) is 31.5 Å². The number of piperidine rings is 1. The van der Waals surface area contributed by atoms with Crippen LogP contribution in [-0.2, 0) is 11.3 Å². The molecule has 0 aromatic carbocycles. The highest BCUT2D eigenvalue weighted by Gasteiger charge is 2.20. The molecule has 2 N–H and O–H groups in total. The van der Waals surface area contributed by atoms with Gasteiger partial charge in [0.15, 0.2) is 0 Å². The molecule has 1 aliphatic heterocycles. The summed E-state index contributed by atoms with van der Waals surface area (Å²) in [6.07, 6.45) is 2.18. The monoisotopic (exact) mass is 270 g/mol. The van der Waals surface area contributed by atoms with Gasteiger partial charge in [0.25, 0.3) is 5.22 Å². The van der Waals surface area contributed by atoms with Gasteiger partial charge in [0.05, 0.1) is 12.3 Å². The maximum Gasteiger partial charge on any atom is 0.277 e. The van der Waals surface area contributed by atoms with E-state index in [-0.39, 0.29) is 12.5 Å². The van der Waals surface area contributed by atoms with Crippen LogP contribution in [-0.4, -0.2) is 39.8 Å². The number of aromatic nitrogens is 2. The Labute approximate surface area is 110 Å². The lowest BCUT2D eigenvalue weighted by atomic mass is 9.99. The highest BCUT2D eigenvalue weighted by Crippen LogP contribution is 2.20. The van der Waals surface area contributed by atoms with Gasteiger partial charge in [-0.2, -0.15) is 0 Å². The minimum Gasteiger partial charge on any atom is -0.415 e. The fourth-order valence-electron chi connectivity index (χ4n) is 1.85. The normalized spacial score (nSPS) is 17.1. The van der Waals surface area contributed by atoms with E-state index in [1.807, 2.05) is 4.90 Å². The number of rotatable bonds is 4. The van der Waals surface area contributed by atoms with Gasteiger partial charge in [-0.25, -0.2) is 0 Å². The first-order valence-corrected chi connectivity index (χ1v) is 7.10. The smallest absolute Gasteiger partial charge is 0.277 e. The van der Waals surface area contributed by atoms with Gasteiger partial charge in [-0.1, -0.05) is 18.7 Å². The molecule has 0 saturated carbocycles. The van der Waals surface area contributed by atoms with E-state index in [1.54, 1.807) is 0 Å². The van der Waals surface area contributed by atoms with Crippen molar-refractivity contribution in [3.8, 4) is 0 Å². The Bertz CT molecular complexity index is 402. The Morgan fingerprint density at radius 3 is 2.83 bits per heavy atom. The zero-order valence-electron chi connectivity index (χ0n) is 10.5. The predicted octanol–water partition coefficient (Wildman–Crippen LogP) is 0.879. The fraction of sp³-hybridized carbons (Fsp3) is 0.727. The van der Waals surface area contributed by atoms with Crippen LogP contribution in [0.2, 0.25) is 0 Å². The summed E-state index contributed by atoms with van der Waals surface area (Å²) in [5.74, 6) is 1.61. The molecule has 1 fully saturated rings. The Morgan fingerprint density at radius 1 is 1.50 bits per heavy atom. The van der Waals surface area contributed by atoms with Gasteiger partial charge in [-0.05, 0) is 18.8 Å². The van der Waals surface area contributed by atoms with Crippen molar-refractivity contribution in [1.82, 2.24) is 15.1 Å². The maximum atomic E-state index is 11.9. The molecule has 1 aromatic rings. The van der Waals surface area contributed by atoms with Crippen molar-refractivity contribution in [2.75, 3.05) is 18.8 Å². The van der Waals surface area contributed by atoms with Crippen molar-refractivity contribution in [1.29, 1.82) is 0 Å². The van der Waals surface area contributed by atoms with Crippen LogP contribution >= 0.6 is 11.8 Å². The number of carbonyl (C=O) groups excluding carboxylic acids is 1. The van der Waals surface area contributed by atoms with E-state index in [0.717, 1.165) is 31.8 Å². The number of nitrogens with zero attached hydrogens (tertiary/aromatic N) is 3. The van der Waals surface area contributed by atoms with Gasteiger partial charge in [0.1, 0.15) is 0 Å². The second-order valence-electron chi connectivity index (χ2n) is 4.52. The van der Waals surface area contributed by atoms with Crippen LogP contribution in [0.1, 0.15) is 25.7 Å². The van der Waals surface area contributed by atoms with Gasteiger partial charge < -0.3 is 15.1 Å². The molecule has 0 spiro atoms. The summed E-state index contributed by atoms with van der Waals surface area (Å²) >= 11 is 1.27. The van der Waals surface area contributed by atoms with Crippen molar-refractivity contribution in [3.05, 3.63) is 5.89 Å². The van der Waals surface area contributed by atoms with Crippen LogP contribution in [0.5, 0.6) is 0 Å². The third-order valence-electron chi connectivity index (χ3n) is 3.08. The number of hydrogen-bond acceptors (Lipinski definition) is 6. The molecule has 1 saturated heterocycles. The molecule has 1 amide bonds. The first-order valence-electron chi connectivity index (χ1n) is 6.12. The molecule has 1 aromatic heterocycles. The molecule has 0 bridgehead atoms. The molecule has 2 heterocycles. The minimum atomic E-state index is 0.138. The lowest BCUT2D eigenvalue weighted by Crippen LogP contribution is -2.38. The van der Waals surface area contributed by atoms with Crippen molar-refractivity contribution >= 4 is 17.7 Å². The van der Waals surface area contributed by atoms with Crippen molar-refractivity contribution in [3.63, 3.8) is 0 Å². The quantitative estimate of drug-likeness (QED) is 0.817. The average Bonchev–Trinajstić information content (AvgIpc) is 2.85. The number of thioether (sulfide) groups is 1. The Kier molecular flexibility index (Phi) is 4.60. The zero-order valence-corrected chi connectivity index (χ0v) is 11.3. The number of amides is 1. The van der Waals surface area contributed by atoms with Crippen molar-refractivity contribution < 1.29 is 9.21 Å². The fourth-order valence-corrected chi connectivity index (χ4v) is 2.53. The highest BCUT2D eigenvalue weighted by molar-refractivity contribution is 7.99. The lowest BCUT2D eigenvalue weighted by Gasteiger charge is -2.30. The van der Waals surface area contributed by atoms with Gasteiger partial charge in [0.2, 0.25) is 11.8 Å². The summed E-state index contributed by atoms with van der Waals surface area (Å²) in [5.41, 5.74) is 5.37. The topological polar surface area (TPSA) is 85.2 Å². The van der Waals surface area contributed by atoms with E-state index in [0.29, 0.717) is 16.9 Å². The summed E-state index contributed by atoms with van der Waals surface area (Å²) in [5, 5.41) is 7.97. The third-order valence-corrected chi connectivity index (χ3v) is 3.88. The average molecular weight is 270 g/mol. The second-order valence-corrected chi connectivity index (χ2v) is 5.44. The van der Waals surface area contributed by atoms with E-state index in [2.05, 4.69) is 17.1 Å². The molecule has 100 valence electrons. The SMILES string of the molecule is CC1CCN(C(=O)CSc2nnc(CN)o2)CC1. The molecular weight excluding hydrogens is 252 g/mol. The zero-order chi connectivity index (χ0) is 13.0. The number of likely N-dealkylation sites (tertiary alicyclic amines) is 1. The van der Waals surface area contributed by atoms with Crippen LogP contribution in [0.15, 0.2) is 9.64 Å². The second kappa shape index (κ2) is 6.19. The van der Waals surface area contributed by atoms with E-state index in [1.165, 1.54) is 11.8 Å². The minimum absolute atomic E-state index is 0.138. The predicted molar refractivity (Wildman–Crippen MR) is 67.9 cm³/mol. The van der Waals surface area contributed by atoms with Crippen LogP contribution < -0.4 is 5.73 Å². The van der Waals surface area contributed by atoms with Crippen molar-refractivity contribution in [2.24, 2.45) is 11.7 Å². The number of nitrogens with two attached hydrogens (primary N) is 1. The molecule has 18 heavy (non-hydrogen) atoms. The van der Waals surface area contributed by atoms with Crippen LogP contribution in [0.3, 0.4) is 0 Å². The summed E-state index contributed by atoms with van der Waals surface area (Å²) < 4.78 is 5.23. The standard InChI is InChI=1S/C11H18N4O2S/c1-8-2-4-15(5-3-8)10(16)7-18-11-14-13-9(6-12)17-11/h8H,2-7,12H2,1H3. The number of hydrogen-bond donors (Lipinski definition) is 1. The Hall–Kier alpha value is -1.08. The molecule has 6 nitrogen and oxygen atoms in total. The maximum absolute atomic E-state index is 11.9. The van der Waals surface area contributed by atoms with Gasteiger partial charge in [-0.3, -0.25) is 4.79 Å². The lowest BCUT2D eigenvalue weighted by molar-refractivity contribution is -0.129. The van der Waals surface area contributed by atoms with Gasteiger partial charge in [0, 0.05) is 13.1 Å². The van der Waals surface area contributed by atoms with Crippen LogP contribution in [0, 0.1) is 5.92 Å². The summed E-state index contributed by atoms with van der Waals surface area (Å²) in [4.78, 5) is 13.9. The molecule has 0 radical (unpaired) electrons. The summed E-state index contributed by atoms with van der Waals surface area (Å²) in [7, 11) is 0. The molecule has 0 aliphatic carbocycles. The van der Waals surface area contributed by atoms with E-state index < -0.39 is 0 Å². The molecule has 0 atom stereocenters. The van der Waals surface area contributed by atoms with E-state index in [9.17, 15) is 4.79 Å². The van der Waals surface area contributed by atoms with E-state index in [4.69, 9.17) is 10.2 Å². The molecule has 7 heteroatoms. The number of carbonyl (C=O) groups is 1. The van der Waals surface area contributed by atoms with Gasteiger partial charge in [-0.15, -0.1) is 10.2 Å². The Balaban J connectivity index is 1.77. The van der Waals surface area contributed by atoms with Crippen LogP contribution in [0.4, 0.5) is 0 Å². The van der Waals surface area contributed by atoms with E-state index >= 15 is 0 Å².